The molecule has 0 aliphatic rings. The fourth-order valence-corrected chi connectivity index (χ4v) is 2.60. The van der Waals surface area contributed by atoms with Gasteiger partial charge in [0.2, 0.25) is 0 Å². The van der Waals surface area contributed by atoms with Crippen molar-refractivity contribution in [3.8, 4) is 0 Å². The van der Waals surface area contributed by atoms with E-state index in [-0.39, 0.29) is 29.6 Å². The van der Waals surface area contributed by atoms with Crippen LogP contribution in [0, 0.1) is 0 Å². The van der Waals surface area contributed by atoms with Gasteiger partial charge in [-0.15, -0.1) is 5.60 Å². The van der Waals surface area contributed by atoms with Crippen molar-refractivity contribution in [1.82, 2.24) is 0 Å². The van der Waals surface area contributed by atoms with Crippen LogP contribution in [0.2, 0.25) is 0 Å². The molecule has 4 heteroatoms. The van der Waals surface area contributed by atoms with Crippen LogP contribution in [0.1, 0.15) is 87.3 Å². The van der Waals surface area contributed by atoms with Gasteiger partial charge in [0.15, 0.2) is 0 Å². The summed E-state index contributed by atoms with van der Waals surface area (Å²) in [5.74, 6) is 0. The van der Waals surface area contributed by atoms with Gasteiger partial charge < -0.3 is 10.8 Å². The summed E-state index contributed by atoms with van der Waals surface area (Å²) in [6.07, 6.45) is 1.03. The Labute approximate surface area is 285 Å². The second kappa shape index (κ2) is 38.1. The van der Waals surface area contributed by atoms with E-state index < -0.39 is 5.60 Å². The number of halogens is 1. The first kappa shape index (κ1) is 48.8. The summed E-state index contributed by atoms with van der Waals surface area (Å²) >= 11 is 3.31. The molecule has 2 nitrogen and oxygen atoms in total. The molecule has 0 aromatic heterocycles. The van der Waals surface area contributed by atoms with Gasteiger partial charge in [-0.1, -0.05) is 189 Å². The summed E-state index contributed by atoms with van der Waals surface area (Å²) in [7, 11) is 0. The summed E-state index contributed by atoms with van der Waals surface area (Å²) < 4.78 is 1.13. The predicted molar refractivity (Wildman–Crippen MR) is 186 cm³/mol. The Hall–Kier alpha value is -1.88. The van der Waals surface area contributed by atoms with Gasteiger partial charge in [-0.05, 0) is 41.8 Å². The maximum atomic E-state index is 10.1. The molecule has 0 amide bonds. The molecule has 0 radical (unpaired) electrons. The first-order chi connectivity index (χ1) is 19.2. The minimum absolute atomic E-state index is 0. The molecule has 0 aliphatic carbocycles. The van der Waals surface area contributed by atoms with E-state index in [1.54, 1.807) is 20.8 Å². The fourth-order valence-electron chi connectivity index (χ4n) is 2.30. The zero-order valence-electron chi connectivity index (χ0n) is 28.1. The smallest absolute Gasteiger partial charge is 0.850 e. The standard InChI is InChI=1S/C13H12.C6H5Br.C6H7N.C4H9O.4C2H6.Na/c1-3-7-12(8-4-1)11-13-9-5-2-6-10-13;2*7-6-4-2-1-3-5-6;1-4(2,3)5;4*1-2;/h1-10H,11H2;1-5H;1-5H,7H2;1-3H3;4*1-2H3;/q;;;-1;;;;;+1. The fraction of sp³-hybridized carbons (Fsp3) is 0.351. The number of para-hydroxylation sites is 1. The van der Waals surface area contributed by atoms with Crippen molar-refractivity contribution in [3.63, 3.8) is 0 Å². The van der Waals surface area contributed by atoms with Crippen LogP contribution in [0.5, 0.6) is 0 Å². The topological polar surface area (TPSA) is 49.1 Å². The van der Waals surface area contributed by atoms with Gasteiger partial charge in [0.25, 0.3) is 0 Å². The maximum absolute atomic E-state index is 10.1. The third-order valence-electron chi connectivity index (χ3n) is 3.63. The van der Waals surface area contributed by atoms with Crippen molar-refractivity contribution in [2.75, 3.05) is 5.73 Å². The van der Waals surface area contributed by atoms with Gasteiger partial charge in [0, 0.05) is 10.2 Å². The summed E-state index contributed by atoms with van der Waals surface area (Å²) in [5, 5.41) is 10.1. The van der Waals surface area contributed by atoms with Crippen LogP contribution < -0.4 is 40.4 Å². The van der Waals surface area contributed by atoms with E-state index in [1.807, 2.05) is 116 Å². The van der Waals surface area contributed by atoms with E-state index in [9.17, 15) is 5.11 Å². The van der Waals surface area contributed by atoms with Crippen LogP contribution in [0.3, 0.4) is 0 Å². The van der Waals surface area contributed by atoms with Crippen molar-refractivity contribution in [3.05, 3.63) is 137 Å². The Morgan fingerprint density at radius 3 is 0.902 bits per heavy atom. The van der Waals surface area contributed by atoms with E-state index in [2.05, 4.69) is 76.6 Å². The van der Waals surface area contributed by atoms with Gasteiger partial charge in [0.05, 0.1) is 0 Å². The largest absolute Gasteiger partial charge is 1.00 e. The molecule has 4 aromatic carbocycles. The molecule has 0 saturated carbocycles. The molecule has 0 fully saturated rings. The monoisotopic (exact) mass is 633 g/mol. The summed E-state index contributed by atoms with van der Waals surface area (Å²) in [4.78, 5) is 0. The van der Waals surface area contributed by atoms with Crippen LogP contribution in [0.4, 0.5) is 5.69 Å². The quantitative estimate of drug-likeness (QED) is 0.178. The van der Waals surface area contributed by atoms with E-state index in [0.717, 1.165) is 16.6 Å². The Bertz CT molecular complexity index is 865. The van der Waals surface area contributed by atoms with Crippen LogP contribution in [0.15, 0.2) is 126 Å². The molecule has 4 rings (SSSR count). The second-order valence-corrected chi connectivity index (χ2v) is 8.88. The van der Waals surface area contributed by atoms with Gasteiger partial charge in [-0.3, -0.25) is 0 Å². The van der Waals surface area contributed by atoms with Crippen LogP contribution >= 0.6 is 15.9 Å². The normalized spacial score (nSPS) is 8.12. The molecule has 4 aromatic rings. The number of nitrogen functional groups attached to an aromatic ring is 1. The van der Waals surface area contributed by atoms with Crippen molar-refractivity contribution in [2.45, 2.75) is 88.2 Å². The minimum atomic E-state index is -0.750. The van der Waals surface area contributed by atoms with Crippen molar-refractivity contribution in [1.29, 1.82) is 0 Å². The van der Waals surface area contributed by atoms with Gasteiger partial charge in [-0.2, -0.15) is 0 Å². The third-order valence-corrected chi connectivity index (χ3v) is 4.16. The molecule has 0 heterocycles. The van der Waals surface area contributed by atoms with Gasteiger partial charge in [0.1, 0.15) is 0 Å². The summed E-state index contributed by atoms with van der Waals surface area (Å²) in [6.45, 7) is 20.9. The molecule has 0 aliphatic heterocycles. The van der Waals surface area contributed by atoms with E-state index in [1.165, 1.54) is 11.1 Å². The number of hydrogen-bond donors (Lipinski definition) is 1. The van der Waals surface area contributed by atoms with Gasteiger partial charge >= 0.3 is 29.6 Å². The van der Waals surface area contributed by atoms with Crippen molar-refractivity contribution in [2.24, 2.45) is 0 Å². The number of benzene rings is 4. The van der Waals surface area contributed by atoms with Crippen LogP contribution in [-0.2, 0) is 6.42 Å². The molecular weight excluding hydrogens is 577 g/mol. The molecular formula is C37H57BrNNaO. The summed E-state index contributed by atoms with van der Waals surface area (Å²) in [6, 6.07) is 40.5. The second-order valence-electron chi connectivity index (χ2n) is 7.97. The van der Waals surface area contributed by atoms with E-state index in [0.29, 0.717) is 0 Å². The Kier molecular flexibility index (Phi) is 45.4. The average molecular weight is 635 g/mol. The Morgan fingerprint density at radius 2 is 0.732 bits per heavy atom. The van der Waals surface area contributed by atoms with E-state index >= 15 is 0 Å². The predicted octanol–water partition coefficient (Wildman–Crippen LogP) is 8.25. The van der Waals surface area contributed by atoms with E-state index in [4.69, 9.17) is 5.73 Å². The number of hydrogen-bond acceptors (Lipinski definition) is 2. The Balaban J connectivity index is -0.000000135. The molecule has 0 saturated heterocycles. The molecule has 0 spiro atoms. The minimum Gasteiger partial charge on any atom is -0.850 e. The zero-order chi connectivity index (χ0) is 31.7. The Morgan fingerprint density at radius 1 is 0.512 bits per heavy atom. The zero-order valence-corrected chi connectivity index (χ0v) is 31.7. The van der Waals surface area contributed by atoms with Crippen LogP contribution in [-0.4, -0.2) is 5.60 Å². The van der Waals surface area contributed by atoms with Crippen molar-refractivity contribution < 1.29 is 34.7 Å². The third kappa shape index (κ3) is 42.7. The summed E-state index contributed by atoms with van der Waals surface area (Å²) in [5.41, 5.74) is 8.17. The number of rotatable bonds is 2. The number of anilines is 1. The molecule has 0 atom stereocenters. The van der Waals surface area contributed by atoms with Crippen LogP contribution in [0.25, 0.3) is 0 Å². The maximum Gasteiger partial charge on any atom is 1.00 e. The molecule has 224 valence electrons. The van der Waals surface area contributed by atoms with Gasteiger partial charge in [-0.25, -0.2) is 0 Å². The average Bonchev–Trinajstić information content (AvgIpc) is 2.99. The molecule has 0 bridgehead atoms. The first-order valence-electron chi connectivity index (χ1n) is 14.5. The molecule has 2 N–H and O–H groups in total. The molecule has 41 heavy (non-hydrogen) atoms. The van der Waals surface area contributed by atoms with Crippen molar-refractivity contribution >= 4 is 21.6 Å². The SMILES string of the molecule is Brc1ccccc1.CC.CC.CC.CC.CC(C)(C)[O-].Nc1ccccc1.[Na+].c1ccc(Cc2ccccc2)cc1. The number of nitrogens with two attached hydrogens (primary N) is 1. The first-order valence-corrected chi connectivity index (χ1v) is 15.3. The molecule has 0 unspecified atom stereocenters.